The van der Waals surface area contributed by atoms with Crippen LogP contribution in [0.5, 0.6) is 0 Å². The Bertz CT molecular complexity index is 450. The van der Waals surface area contributed by atoms with Gasteiger partial charge in [-0.1, -0.05) is 38.1 Å². The van der Waals surface area contributed by atoms with Crippen molar-refractivity contribution in [1.82, 2.24) is 0 Å². The first kappa shape index (κ1) is 15.6. The third-order valence-corrected chi connectivity index (χ3v) is 4.55. The second kappa shape index (κ2) is 5.53. The average molecular weight is 274 g/mol. The van der Waals surface area contributed by atoms with Crippen LogP contribution in [0.2, 0.25) is 0 Å². The van der Waals surface area contributed by atoms with Crippen molar-refractivity contribution in [2.45, 2.75) is 65.6 Å². The molecule has 1 aromatic rings. The van der Waals surface area contributed by atoms with E-state index in [4.69, 9.17) is 9.31 Å². The molecule has 0 N–H and O–H groups in total. The van der Waals surface area contributed by atoms with Gasteiger partial charge in [-0.25, -0.2) is 0 Å². The summed E-state index contributed by atoms with van der Waals surface area (Å²) in [5, 5.41) is 0. The summed E-state index contributed by atoms with van der Waals surface area (Å²) in [5.74, 6) is 0.710. The molecular formula is C17H27BO2. The molecule has 1 saturated heterocycles. The number of hydrogen-bond donors (Lipinski definition) is 0. The fraction of sp³-hybridized carbons (Fsp3) is 0.647. The van der Waals surface area contributed by atoms with Gasteiger partial charge in [-0.3, -0.25) is 0 Å². The van der Waals surface area contributed by atoms with E-state index in [1.165, 1.54) is 17.4 Å². The Labute approximate surface area is 124 Å². The van der Waals surface area contributed by atoms with Gasteiger partial charge in [0, 0.05) is 0 Å². The van der Waals surface area contributed by atoms with E-state index in [0.29, 0.717) is 5.92 Å². The highest BCUT2D eigenvalue weighted by Gasteiger charge is 2.52. The first-order valence-electron chi connectivity index (χ1n) is 7.66. The molecule has 1 aliphatic rings. The Morgan fingerprint density at radius 1 is 1.00 bits per heavy atom. The minimum Gasteiger partial charge on any atom is -0.399 e. The van der Waals surface area contributed by atoms with Crippen molar-refractivity contribution in [2.24, 2.45) is 5.92 Å². The topological polar surface area (TPSA) is 18.5 Å². The molecule has 110 valence electrons. The standard InChI is InChI=1S/C17H27BO2/c1-13(2)11-12-14-9-7-8-10-15(14)18-19-16(3,4)17(5,6)20-18/h7-10,13H,11-12H2,1-6H3. The van der Waals surface area contributed by atoms with E-state index in [2.05, 4.69) is 65.8 Å². The predicted molar refractivity (Wildman–Crippen MR) is 85.3 cm³/mol. The maximum atomic E-state index is 6.18. The van der Waals surface area contributed by atoms with Gasteiger partial charge >= 0.3 is 7.12 Å². The van der Waals surface area contributed by atoms with Crippen molar-refractivity contribution in [3.05, 3.63) is 29.8 Å². The molecule has 1 aliphatic heterocycles. The third-order valence-electron chi connectivity index (χ3n) is 4.55. The van der Waals surface area contributed by atoms with E-state index < -0.39 is 0 Å². The molecule has 2 nitrogen and oxygen atoms in total. The quantitative estimate of drug-likeness (QED) is 0.781. The molecule has 1 aromatic carbocycles. The van der Waals surface area contributed by atoms with Crippen molar-refractivity contribution in [3.8, 4) is 0 Å². The third kappa shape index (κ3) is 3.10. The second-order valence-electron chi connectivity index (χ2n) is 7.22. The summed E-state index contributed by atoms with van der Waals surface area (Å²) < 4.78 is 12.4. The monoisotopic (exact) mass is 274 g/mol. The molecule has 0 aliphatic carbocycles. The molecule has 0 amide bonds. The molecule has 0 unspecified atom stereocenters. The smallest absolute Gasteiger partial charge is 0.399 e. The van der Waals surface area contributed by atoms with Crippen LogP contribution in [-0.2, 0) is 15.7 Å². The van der Waals surface area contributed by atoms with Crippen LogP contribution in [0.3, 0.4) is 0 Å². The normalized spacial score (nSPS) is 20.6. The van der Waals surface area contributed by atoms with E-state index in [1.807, 2.05) is 0 Å². The Balaban J connectivity index is 2.22. The number of hydrogen-bond acceptors (Lipinski definition) is 2. The van der Waals surface area contributed by atoms with Crippen molar-refractivity contribution in [1.29, 1.82) is 0 Å². The summed E-state index contributed by atoms with van der Waals surface area (Å²) in [6.45, 7) is 12.9. The van der Waals surface area contributed by atoms with E-state index in [9.17, 15) is 0 Å². The molecule has 0 aromatic heterocycles. The van der Waals surface area contributed by atoms with Crippen LogP contribution in [0.15, 0.2) is 24.3 Å². The summed E-state index contributed by atoms with van der Waals surface area (Å²) in [5.41, 5.74) is 1.98. The Morgan fingerprint density at radius 3 is 2.10 bits per heavy atom. The van der Waals surface area contributed by atoms with Crippen molar-refractivity contribution >= 4 is 12.6 Å². The van der Waals surface area contributed by atoms with Crippen LogP contribution >= 0.6 is 0 Å². The molecular weight excluding hydrogens is 247 g/mol. The summed E-state index contributed by atoms with van der Waals surface area (Å²) in [6, 6.07) is 8.50. The zero-order chi connectivity index (χ0) is 15.0. The fourth-order valence-electron chi connectivity index (χ4n) is 2.41. The van der Waals surface area contributed by atoms with Gasteiger partial charge < -0.3 is 9.31 Å². The van der Waals surface area contributed by atoms with Gasteiger partial charge in [-0.15, -0.1) is 0 Å². The molecule has 1 heterocycles. The summed E-state index contributed by atoms with van der Waals surface area (Å²) >= 11 is 0. The van der Waals surface area contributed by atoms with Gasteiger partial charge in [0.15, 0.2) is 0 Å². The first-order chi connectivity index (χ1) is 9.23. The Hall–Kier alpha value is -0.795. The van der Waals surface area contributed by atoms with Gasteiger partial charge in [0.05, 0.1) is 11.2 Å². The lowest BCUT2D eigenvalue weighted by molar-refractivity contribution is 0.00578. The molecule has 0 spiro atoms. The predicted octanol–water partition coefficient (Wildman–Crippen LogP) is 3.57. The van der Waals surface area contributed by atoms with Crippen LogP contribution in [0.4, 0.5) is 0 Å². The highest BCUT2D eigenvalue weighted by Crippen LogP contribution is 2.36. The zero-order valence-corrected chi connectivity index (χ0v) is 13.7. The largest absolute Gasteiger partial charge is 0.495 e. The number of aryl methyl sites for hydroxylation is 1. The van der Waals surface area contributed by atoms with Crippen molar-refractivity contribution in [3.63, 3.8) is 0 Å². The van der Waals surface area contributed by atoms with Gasteiger partial charge in [0.2, 0.25) is 0 Å². The fourth-order valence-corrected chi connectivity index (χ4v) is 2.41. The van der Waals surface area contributed by atoms with Crippen LogP contribution in [0, 0.1) is 5.92 Å². The Morgan fingerprint density at radius 2 is 1.55 bits per heavy atom. The maximum absolute atomic E-state index is 6.18. The molecule has 0 atom stereocenters. The van der Waals surface area contributed by atoms with E-state index in [1.54, 1.807) is 0 Å². The van der Waals surface area contributed by atoms with Crippen LogP contribution < -0.4 is 5.46 Å². The van der Waals surface area contributed by atoms with Gasteiger partial charge in [0.1, 0.15) is 0 Å². The van der Waals surface area contributed by atoms with Crippen LogP contribution in [0.1, 0.15) is 53.5 Å². The first-order valence-corrected chi connectivity index (χ1v) is 7.66. The summed E-state index contributed by atoms with van der Waals surface area (Å²) in [6.07, 6.45) is 2.27. The van der Waals surface area contributed by atoms with Crippen LogP contribution in [0.25, 0.3) is 0 Å². The average Bonchev–Trinajstić information content (AvgIpc) is 2.56. The van der Waals surface area contributed by atoms with E-state index >= 15 is 0 Å². The van der Waals surface area contributed by atoms with Gasteiger partial charge in [-0.05, 0) is 57.5 Å². The van der Waals surface area contributed by atoms with Crippen molar-refractivity contribution in [2.75, 3.05) is 0 Å². The minimum atomic E-state index is -0.275. The number of benzene rings is 1. The molecule has 0 saturated carbocycles. The summed E-state index contributed by atoms with van der Waals surface area (Å²) in [7, 11) is -0.247. The highest BCUT2D eigenvalue weighted by molar-refractivity contribution is 6.62. The molecule has 2 rings (SSSR count). The lowest BCUT2D eigenvalue weighted by Gasteiger charge is -2.32. The second-order valence-corrected chi connectivity index (χ2v) is 7.22. The molecule has 1 fully saturated rings. The summed E-state index contributed by atoms with van der Waals surface area (Å²) in [4.78, 5) is 0. The SMILES string of the molecule is CC(C)CCc1ccccc1B1OC(C)(C)C(C)(C)O1. The molecule has 3 heteroatoms. The van der Waals surface area contributed by atoms with Crippen LogP contribution in [-0.4, -0.2) is 18.3 Å². The molecule has 20 heavy (non-hydrogen) atoms. The molecule has 0 radical (unpaired) electrons. The van der Waals surface area contributed by atoms with Gasteiger partial charge in [-0.2, -0.15) is 0 Å². The maximum Gasteiger partial charge on any atom is 0.495 e. The van der Waals surface area contributed by atoms with Gasteiger partial charge in [0.25, 0.3) is 0 Å². The highest BCUT2D eigenvalue weighted by atomic mass is 16.7. The lowest BCUT2D eigenvalue weighted by Crippen LogP contribution is -2.41. The minimum absolute atomic E-state index is 0.247. The molecule has 0 bridgehead atoms. The van der Waals surface area contributed by atoms with Crippen molar-refractivity contribution < 1.29 is 9.31 Å². The van der Waals surface area contributed by atoms with E-state index in [-0.39, 0.29) is 18.3 Å². The lowest BCUT2D eigenvalue weighted by atomic mass is 9.75. The Kier molecular flexibility index (Phi) is 4.31. The zero-order valence-electron chi connectivity index (χ0n) is 13.7. The van der Waals surface area contributed by atoms with E-state index in [0.717, 1.165) is 6.42 Å². The number of rotatable bonds is 4.